The van der Waals surface area contributed by atoms with Gasteiger partial charge < -0.3 is 0 Å². The molecule has 0 heterocycles. The van der Waals surface area contributed by atoms with Crippen molar-refractivity contribution in [2.45, 2.75) is 13.8 Å². The van der Waals surface area contributed by atoms with Crippen molar-refractivity contribution in [1.82, 2.24) is 0 Å². The van der Waals surface area contributed by atoms with Crippen LogP contribution in [-0.4, -0.2) is 29.6 Å². The van der Waals surface area contributed by atoms with Crippen molar-refractivity contribution in [2.24, 2.45) is 5.92 Å². The van der Waals surface area contributed by atoms with Crippen molar-refractivity contribution in [3.63, 3.8) is 0 Å². The van der Waals surface area contributed by atoms with E-state index in [2.05, 4.69) is 0 Å². The molecule has 0 aliphatic rings. The maximum absolute atomic E-state index is 7.89. The van der Waals surface area contributed by atoms with E-state index in [4.69, 9.17) is 5.26 Å². The third kappa shape index (κ3) is 8.82. The monoisotopic (exact) mass is 92.0 g/mol. The standard InChI is InChI=1S/C4H7N.Na/c1-4(2)3-5;/h4H,1-2H3;. The summed E-state index contributed by atoms with van der Waals surface area (Å²) in [6, 6.07) is 2.03. The summed E-state index contributed by atoms with van der Waals surface area (Å²) in [5.41, 5.74) is 0. The van der Waals surface area contributed by atoms with Gasteiger partial charge in [0.2, 0.25) is 0 Å². The first-order valence-corrected chi connectivity index (χ1v) is 1.67. The minimum absolute atomic E-state index is 0. The molecule has 0 N–H and O–H groups in total. The fraction of sp³-hybridized carbons (Fsp3) is 0.750. The minimum atomic E-state index is 0. The Hall–Kier alpha value is 0.490. The summed E-state index contributed by atoms with van der Waals surface area (Å²) in [4.78, 5) is 0. The molecule has 0 amide bonds. The maximum atomic E-state index is 7.89. The molecule has 2 heteroatoms. The van der Waals surface area contributed by atoms with Crippen LogP contribution in [0.2, 0.25) is 0 Å². The van der Waals surface area contributed by atoms with Crippen LogP contribution in [0.3, 0.4) is 0 Å². The molecule has 0 rings (SSSR count). The predicted octanol–water partition coefficient (Wildman–Crippen LogP) is 0.785. The first kappa shape index (κ1) is 9.70. The molecule has 29 valence electrons. The first-order chi connectivity index (χ1) is 2.27. The molecule has 1 radical (unpaired) electrons. The second-order valence-corrected chi connectivity index (χ2v) is 1.28. The quantitative estimate of drug-likeness (QED) is 0.405. The average Bonchev–Trinajstić information content (AvgIpc) is 1.38. The summed E-state index contributed by atoms with van der Waals surface area (Å²) in [7, 11) is 0. The zero-order valence-electron chi connectivity index (χ0n) is 4.52. The summed E-state index contributed by atoms with van der Waals surface area (Å²) in [5, 5.41) is 7.89. The van der Waals surface area contributed by atoms with Crippen LogP contribution in [0.4, 0.5) is 0 Å². The number of nitrogens with zero attached hydrogens (tertiary/aromatic N) is 1. The van der Waals surface area contributed by atoms with Gasteiger partial charge in [-0.2, -0.15) is 5.26 Å². The van der Waals surface area contributed by atoms with Crippen molar-refractivity contribution < 1.29 is 0 Å². The summed E-state index contributed by atoms with van der Waals surface area (Å²) in [6.45, 7) is 3.72. The van der Waals surface area contributed by atoms with Crippen molar-refractivity contribution in [3.8, 4) is 6.07 Å². The topological polar surface area (TPSA) is 23.8 Å². The minimum Gasteiger partial charge on any atom is -0.198 e. The molecule has 0 aromatic carbocycles. The third-order valence-electron chi connectivity index (χ3n) is 0.258. The van der Waals surface area contributed by atoms with Crippen LogP contribution in [0.5, 0.6) is 0 Å². The Labute approximate surface area is 60.6 Å². The van der Waals surface area contributed by atoms with Gasteiger partial charge >= 0.3 is 0 Å². The van der Waals surface area contributed by atoms with Gasteiger partial charge in [-0.1, -0.05) is 0 Å². The Morgan fingerprint density at radius 3 is 1.67 bits per heavy atom. The van der Waals surface area contributed by atoms with Crippen LogP contribution >= 0.6 is 0 Å². The Morgan fingerprint density at radius 2 is 1.67 bits per heavy atom. The van der Waals surface area contributed by atoms with Gasteiger partial charge in [-0.25, -0.2) is 0 Å². The van der Waals surface area contributed by atoms with Crippen LogP contribution in [0.1, 0.15) is 13.8 Å². The van der Waals surface area contributed by atoms with Gasteiger partial charge in [-0.3, -0.25) is 0 Å². The van der Waals surface area contributed by atoms with Gasteiger partial charge in [0.1, 0.15) is 0 Å². The van der Waals surface area contributed by atoms with E-state index in [1.165, 1.54) is 0 Å². The molecule has 0 saturated heterocycles. The average molecular weight is 92.1 g/mol. The SMILES string of the molecule is CC(C)C#N.[Na]. The molecule has 0 unspecified atom stereocenters. The second kappa shape index (κ2) is 5.49. The molecule has 0 saturated carbocycles. The van der Waals surface area contributed by atoms with Gasteiger partial charge in [0, 0.05) is 35.5 Å². The summed E-state index contributed by atoms with van der Waals surface area (Å²) in [6.07, 6.45) is 0. The molecule has 0 bridgehead atoms. The van der Waals surface area contributed by atoms with Gasteiger partial charge in [0.15, 0.2) is 0 Å². The second-order valence-electron chi connectivity index (χ2n) is 1.28. The number of hydrogen-bond acceptors (Lipinski definition) is 1. The Bertz CT molecular complexity index is 53.1. The van der Waals surface area contributed by atoms with Gasteiger partial charge in [-0.15, -0.1) is 0 Å². The van der Waals surface area contributed by atoms with E-state index in [0.717, 1.165) is 0 Å². The summed E-state index contributed by atoms with van der Waals surface area (Å²) < 4.78 is 0. The zero-order valence-corrected chi connectivity index (χ0v) is 6.52. The Morgan fingerprint density at radius 1 is 1.50 bits per heavy atom. The third-order valence-corrected chi connectivity index (χ3v) is 0.258. The number of rotatable bonds is 0. The van der Waals surface area contributed by atoms with Crippen molar-refractivity contribution >= 4 is 29.6 Å². The van der Waals surface area contributed by atoms with E-state index in [9.17, 15) is 0 Å². The fourth-order valence-electron chi connectivity index (χ4n) is 0. The van der Waals surface area contributed by atoms with E-state index in [1.807, 2.05) is 19.9 Å². The van der Waals surface area contributed by atoms with E-state index >= 15 is 0 Å². The molecule has 0 aromatic rings. The molecular weight excluding hydrogens is 85.0 g/mol. The van der Waals surface area contributed by atoms with Crippen molar-refractivity contribution in [2.75, 3.05) is 0 Å². The van der Waals surface area contributed by atoms with E-state index in [1.54, 1.807) is 0 Å². The molecule has 0 spiro atoms. The molecule has 0 aliphatic carbocycles. The molecule has 0 fully saturated rings. The largest absolute Gasteiger partial charge is 0.198 e. The number of nitriles is 1. The van der Waals surface area contributed by atoms with Crippen LogP contribution in [-0.2, 0) is 0 Å². The molecule has 1 nitrogen and oxygen atoms in total. The zero-order chi connectivity index (χ0) is 4.28. The maximum Gasteiger partial charge on any atom is 0.0649 e. The first-order valence-electron chi connectivity index (χ1n) is 1.67. The summed E-state index contributed by atoms with van der Waals surface area (Å²) in [5.74, 6) is 0.190. The number of hydrogen-bond donors (Lipinski definition) is 0. The smallest absolute Gasteiger partial charge is 0.0649 e. The van der Waals surface area contributed by atoms with Gasteiger partial charge in [0.25, 0.3) is 0 Å². The van der Waals surface area contributed by atoms with Gasteiger partial charge in [-0.05, 0) is 13.8 Å². The van der Waals surface area contributed by atoms with Crippen LogP contribution < -0.4 is 0 Å². The molecule has 0 aromatic heterocycles. The predicted molar refractivity (Wildman–Crippen MR) is 26.2 cm³/mol. The van der Waals surface area contributed by atoms with Crippen LogP contribution in [0.25, 0.3) is 0 Å². The Balaban J connectivity index is 0. The van der Waals surface area contributed by atoms with Crippen molar-refractivity contribution in [3.05, 3.63) is 0 Å². The van der Waals surface area contributed by atoms with E-state index in [0.29, 0.717) is 0 Å². The molecule has 0 aliphatic heterocycles. The normalized spacial score (nSPS) is 6.33. The van der Waals surface area contributed by atoms with Crippen LogP contribution in [0, 0.1) is 17.2 Å². The van der Waals surface area contributed by atoms with Crippen molar-refractivity contribution in [1.29, 1.82) is 5.26 Å². The van der Waals surface area contributed by atoms with Crippen LogP contribution in [0.15, 0.2) is 0 Å². The summed E-state index contributed by atoms with van der Waals surface area (Å²) >= 11 is 0. The van der Waals surface area contributed by atoms with Gasteiger partial charge in [0.05, 0.1) is 6.07 Å². The Kier molecular flexibility index (Phi) is 8.88. The van der Waals surface area contributed by atoms with E-state index in [-0.39, 0.29) is 35.5 Å². The molecule has 6 heavy (non-hydrogen) atoms. The molecular formula is C4H7NNa. The molecule has 0 atom stereocenters. The van der Waals surface area contributed by atoms with E-state index < -0.39 is 0 Å². The fourth-order valence-corrected chi connectivity index (χ4v) is 0.